The Morgan fingerprint density at radius 3 is 1.00 bits per heavy atom. The van der Waals surface area contributed by atoms with Gasteiger partial charge in [0.05, 0.1) is 92.5 Å². The average molecular weight is 387 g/mol. The molecule has 25 heavy (non-hydrogen) atoms. The molecule has 0 aliphatic carbocycles. The second kappa shape index (κ2) is 24.0. The van der Waals surface area contributed by atoms with Crippen LogP contribution in [0.15, 0.2) is 0 Å². The molecule has 0 saturated heterocycles. The Labute approximate surface area is 155 Å². The first-order valence-corrected chi connectivity index (χ1v) is 9.83. The first kappa shape index (κ1) is 25.0. The van der Waals surface area contributed by atoms with Crippen LogP contribution in [0.25, 0.3) is 0 Å². The zero-order valence-electron chi connectivity index (χ0n) is 15.1. The van der Waals surface area contributed by atoms with Crippen LogP contribution in [0.5, 0.6) is 0 Å². The molecular weight excluding hydrogens is 352 g/mol. The van der Waals surface area contributed by atoms with E-state index in [1.54, 1.807) is 11.8 Å². The smallest absolute Gasteiger partial charge is 0.0701 e. The van der Waals surface area contributed by atoms with E-state index in [4.69, 9.17) is 38.6 Å². The topological polar surface area (TPSA) is 95.8 Å². The van der Waals surface area contributed by atoms with E-state index >= 15 is 0 Å². The second-order valence-electron chi connectivity index (χ2n) is 4.73. The molecule has 0 saturated carbocycles. The van der Waals surface area contributed by atoms with Gasteiger partial charge in [-0.25, -0.2) is 0 Å². The minimum absolute atomic E-state index is 0.0428. The summed E-state index contributed by atoms with van der Waals surface area (Å²) in [5.41, 5.74) is 0. The summed E-state index contributed by atoms with van der Waals surface area (Å²) in [5.74, 6) is 1.86. The Balaban J connectivity index is 2.94. The minimum atomic E-state index is 0.0428. The molecule has 0 aromatic heterocycles. The molecule has 0 fully saturated rings. The van der Waals surface area contributed by atoms with Crippen molar-refractivity contribution in [3.8, 4) is 0 Å². The van der Waals surface area contributed by atoms with Gasteiger partial charge in [0.15, 0.2) is 0 Å². The number of thioether (sulfide) groups is 1. The molecule has 2 N–H and O–H groups in total. The van der Waals surface area contributed by atoms with Gasteiger partial charge in [-0.2, -0.15) is 11.8 Å². The summed E-state index contributed by atoms with van der Waals surface area (Å²) < 4.78 is 31.6. The molecule has 0 spiro atoms. The largest absolute Gasteiger partial charge is 0.394 e. The first-order valence-electron chi connectivity index (χ1n) is 8.67. The molecule has 0 heterocycles. The van der Waals surface area contributed by atoms with Gasteiger partial charge in [-0.3, -0.25) is 0 Å². The Bertz CT molecular complexity index is 214. The molecule has 0 atom stereocenters. The zero-order valence-corrected chi connectivity index (χ0v) is 15.9. The van der Waals surface area contributed by atoms with E-state index in [9.17, 15) is 0 Å². The van der Waals surface area contributed by atoms with Crippen molar-refractivity contribution in [2.75, 3.05) is 104 Å². The molecule has 9 heteroatoms. The highest BCUT2D eigenvalue weighted by molar-refractivity contribution is 7.99. The molecule has 0 amide bonds. The quantitative estimate of drug-likeness (QED) is 0.245. The first-order chi connectivity index (χ1) is 12.4. The van der Waals surface area contributed by atoms with Crippen LogP contribution in [0, 0.1) is 0 Å². The van der Waals surface area contributed by atoms with E-state index in [2.05, 4.69) is 0 Å². The summed E-state index contributed by atoms with van der Waals surface area (Å²) in [5, 5.41) is 17.0. The van der Waals surface area contributed by atoms with Crippen molar-refractivity contribution in [3.63, 3.8) is 0 Å². The van der Waals surface area contributed by atoms with Gasteiger partial charge in [0, 0.05) is 11.5 Å². The molecular formula is C16H34O8S. The maximum absolute atomic E-state index is 8.51. The molecule has 0 rings (SSSR count). The number of rotatable bonds is 22. The van der Waals surface area contributed by atoms with Crippen LogP contribution in [-0.2, 0) is 28.4 Å². The maximum atomic E-state index is 8.51. The fourth-order valence-corrected chi connectivity index (χ4v) is 2.23. The summed E-state index contributed by atoms with van der Waals surface area (Å²) in [6.07, 6.45) is 0. The number of hydrogen-bond acceptors (Lipinski definition) is 9. The third kappa shape index (κ3) is 24.0. The lowest BCUT2D eigenvalue weighted by Gasteiger charge is -2.07. The van der Waals surface area contributed by atoms with Crippen molar-refractivity contribution >= 4 is 11.8 Å². The van der Waals surface area contributed by atoms with Crippen molar-refractivity contribution in [2.45, 2.75) is 0 Å². The average Bonchev–Trinajstić information content (AvgIpc) is 2.63. The predicted molar refractivity (Wildman–Crippen MR) is 96.4 cm³/mol. The third-order valence-corrected chi connectivity index (χ3v) is 3.61. The number of hydrogen-bond donors (Lipinski definition) is 2. The van der Waals surface area contributed by atoms with Crippen LogP contribution in [0.2, 0.25) is 0 Å². The monoisotopic (exact) mass is 386 g/mol. The molecule has 0 unspecified atom stereocenters. The standard InChI is InChI=1S/C16H34O8S/c17-1-3-19-5-7-21-9-11-23-13-15-25-16-14-24-12-10-22-8-6-20-4-2-18/h17-18H,1-16H2. The van der Waals surface area contributed by atoms with Gasteiger partial charge in [0.25, 0.3) is 0 Å². The molecule has 0 aliphatic heterocycles. The highest BCUT2D eigenvalue weighted by Gasteiger charge is 1.94. The highest BCUT2D eigenvalue weighted by Crippen LogP contribution is 1.99. The lowest BCUT2D eigenvalue weighted by molar-refractivity contribution is 0.00960. The Morgan fingerprint density at radius 1 is 0.400 bits per heavy atom. The maximum Gasteiger partial charge on any atom is 0.0701 e. The number of aliphatic hydroxyl groups is 2. The van der Waals surface area contributed by atoms with Crippen molar-refractivity contribution in [1.82, 2.24) is 0 Å². The number of aliphatic hydroxyl groups excluding tert-OH is 2. The summed E-state index contributed by atoms with van der Waals surface area (Å²) in [6, 6.07) is 0. The summed E-state index contributed by atoms with van der Waals surface area (Å²) >= 11 is 1.79. The van der Waals surface area contributed by atoms with E-state index in [0.717, 1.165) is 11.5 Å². The van der Waals surface area contributed by atoms with Crippen LogP contribution in [0.4, 0.5) is 0 Å². The lowest BCUT2D eigenvalue weighted by Crippen LogP contribution is -2.12. The highest BCUT2D eigenvalue weighted by atomic mass is 32.2. The van der Waals surface area contributed by atoms with Gasteiger partial charge in [-0.1, -0.05) is 0 Å². The normalized spacial score (nSPS) is 11.3. The Hall–Kier alpha value is 0.0300. The fraction of sp³-hybridized carbons (Fsp3) is 1.00. The molecule has 0 radical (unpaired) electrons. The fourth-order valence-electron chi connectivity index (χ4n) is 1.55. The Morgan fingerprint density at radius 2 is 0.680 bits per heavy atom. The van der Waals surface area contributed by atoms with Crippen LogP contribution >= 0.6 is 11.8 Å². The molecule has 0 aromatic rings. The minimum Gasteiger partial charge on any atom is -0.394 e. The number of ether oxygens (including phenoxy) is 6. The SMILES string of the molecule is OCCOCCOCCOCCSCCOCCOCCOCCO. The van der Waals surface area contributed by atoms with Gasteiger partial charge in [-0.15, -0.1) is 0 Å². The third-order valence-electron chi connectivity index (χ3n) is 2.70. The molecule has 0 bridgehead atoms. The molecule has 0 aliphatic rings. The van der Waals surface area contributed by atoms with Crippen molar-refractivity contribution < 1.29 is 38.6 Å². The van der Waals surface area contributed by atoms with E-state index in [1.807, 2.05) is 0 Å². The van der Waals surface area contributed by atoms with Crippen LogP contribution < -0.4 is 0 Å². The van der Waals surface area contributed by atoms with E-state index < -0.39 is 0 Å². The zero-order chi connectivity index (χ0) is 18.3. The summed E-state index contributed by atoms with van der Waals surface area (Å²) in [6.45, 7) is 6.51. The molecule has 0 aromatic carbocycles. The lowest BCUT2D eigenvalue weighted by atomic mass is 10.7. The van der Waals surface area contributed by atoms with E-state index in [0.29, 0.717) is 79.3 Å². The summed E-state index contributed by atoms with van der Waals surface area (Å²) in [7, 11) is 0. The van der Waals surface area contributed by atoms with E-state index in [1.165, 1.54) is 0 Å². The van der Waals surface area contributed by atoms with Crippen molar-refractivity contribution in [3.05, 3.63) is 0 Å². The Kier molecular flexibility index (Phi) is 24.1. The molecule has 152 valence electrons. The van der Waals surface area contributed by atoms with Gasteiger partial charge in [0.1, 0.15) is 0 Å². The summed E-state index contributed by atoms with van der Waals surface area (Å²) in [4.78, 5) is 0. The molecule has 8 nitrogen and oxygen atoms in total. The van der Waals surface area contributed by atoms with Gasteiger partial charge >= 0.3 is 0 Å². The second-order valence-corrected chi connectivity index (χ2v) is 5.96. The van der Waals surface area contributed by atoms with Crippen molar-refractivity contribution in [2.24, 2.45) is 0 Å². The van der Waals surface area contributed by atoms with Gasteiger partial charge in [0.2, 0.25) is 0 Å². The van der Waals surface area contributed by atoms with Crippen LogP contribution in [-0.4, -0.2) is 114 Å². The van der Waals surface area contributed by atoms with Gasteiger partial charge < -0.3 is 38.6 Å². The van der Waals surface area contributed by atoms with Gasteiger partial charge in [-0.05, 0) is 0 Å². The van der Waals surface area contributed by atoms with Crippen LogP contribution in [0.1, 0.15) is 0 Å². The predicted octanol–water partition coefficient (Wildman–Crippen LogP) is -0.196. The van der Waals surface area contributed by atoms with Crippen molar-refractivity contribution in [1.29, 1.82) is 0 Å². The van der Waals surface area contributed by atoms with E-state index in [-0.39, 0.29) is 13.2 Å². The van der Waals surface area contributed by atoms with Crippen LogP contribution in [0.3, 0.4) is 0 Å².